The predicted octanol–water partition coefficient (Wildman–Crippen LogP) is 3.80. The van der Waals surface area contributed by atoms with E-state index in [1.165, 1.54) is 6.07 Å². The Bertz CT molecular complexity index is 394. The van der Waals surface area contributed by atoms with Gasteiger partial charge in [-0.3, -0.25) is 0 Å². The highest BCUT2D eigenvalue weighted by molar-refractivity contribution is 9.10. The zero-order valence-electron chi connectivity index (χ0n) is 5.47. The van der Waals surface area contributed by atoms with Crippen LogP contribution in [0.4, 0.5) is 4.39 Å². The molecular formula is C8H4BrFS. The van der Waals surface area contributed by atoms with Crippen molar-refractivity contribution in [2.24, 2.45) is 0 Å². The van der Waals surface area contributed by atoms with Crippen LogP contribution in [0.15, 0.2) is 28.1 Å². The average Bonchev–Trinajstić information content (AvgIpc) is 2.45. The third-order valence-electron chi connectivity index (χ3n) is 1.51. The molecular weight excluding hydrogens is 227 g/mol. The molecule has 0 N–H and O–H groups in total. The summed E-state index contributed by atoms with van der Waals surface area (Å²) in [6, 6.07) is 5.23. The van der Waals surface area contributed by atoms with E-state index in [-0.39, 0.29) is 5.82 Å². The minimum Gasteiger partial charge on any atom is -0.206 e. The number of fused-ring (bicyclic) bond motifs is 1. The molecule has 3 heteroatoms. The minimum atomic E-state index is -0.194. The topological polar surface area (TPSA) is 0 Å². The lowest BCUT2D eigenvalue weighted by atomic mass is 10.3. The Morgan fingerprint density at radius 3 is 2.91 bits per heavy atom. The standard InChI is InChI=1S/C8H4BrFS/c9-7-6(10)2-1-5-3-4-11-8(5)7/h1-4H. The first-order chi connectivity index (χ1) is 5.29. The first kappa shape index (κ1) is 7.25. The van der Waals surface area contributed by atoms with Gasteiger partial charge in [-0.1, -0.05) is 6.07 Å². The van der Waals surface area contributed by atoms with Crippen LogP contribution in [-0.2, 0) is 0 Å². The zero-order valence-corrected chi connectivity index (χ0v) is 7.88. The number of hydrogen-bond donors (Lipinski definition) is 0. The summed E-state index contributed by atoms with van der Waals surface area (Å²) in [6.07, 6.45) is 0. The molecule has 0 radical (unpaired) electrons. The Balaban J connectivity index is 2.93. The lowest BCUT2D eigenvalue weighted by molar-refractivity contribution is 0.624. The van der Waals surface area contributed by atoms with Crippen LogP contribution in [0.25, 0.3) is 10.1 Å². The SMILES string of the molecule is Fc1ccc2ccsc2c1Br. The van der Waals surface area contributed by atoms with E-state index < -0.39 is 0 Å². The zero-order chi connectivity index (χ0) is 7.84. The van der Waals surface area contributed by atoms with E-state index in [0.717, 1.165) is 10.1 Å². The maximum atomic E-state index is 12.9. The van der Waals surface area contributed by atoms with Gasteiger partial charge in [0.25, 0.3) is 0 Å². The number of rotatable bonds is 0. The van der Waals surface area contributed by atoms with Crippen LogP contribution in [0.3, 0.4) is 0 Å². The minimum absolute atomic E-state index is 0.194. The van der Waals surface area contributed by atoms with Gasteiger partial charge < -0.3 is 0 Å². The van der Waals surface area contributed by atoms with Crippen molar-refractivity contribution in [3.63, 3.8) is 0 Å². The monoisotopic (exact) mass is 230 g/mol. The van der Waals surface area contributed by atoms with E-state index >= 15 is 0 Å². The summed E-state index contributed by atoms with van der Waals surface area (Å²) < 4.78 is 14.4. The lowest BCUT2D eigenvalue weighted by Gasteiger charge is -1.93. The molecule has 0 fully saturated rings. The van der Waals surface area contributed by atoms with E-state index in [0.29, 0.717) is 4.47 Å². The van der Waals surface area contributed by atoms with E-state index in [9.17, 15) is 4.39 Å². The molecule has 0 saturated carbocycles. The highest BCUT2D eigenvalue weighted by atomic mass is 79.9. The molecule has 2 rings (SSSR count). The molecule has 0 aliphatic heterocycles. The van der Waals surface area contributed by atoms with Gasteiger partial charge in [-0.05, 0) is 38.8 Å². The van der Waals surface area contributed by atoms with Gasteiger partial charge in [0.2, 0.25) is 0 Å². The highest BCUT2D eigenvalue weighted by Crippen LogP contribution is 2.30. The van der Waals surface area contributed by atoms with Crippen molar-refractivity contribution in [2.75, 3.05) is 0 Å². The summed E-state index contributed by atoms with van der Waals surface area (Å²) in [5.41, 5.74) is 0. The first-order valence-corrected chi connectivity index (χ1v) is 4.77. The summed E-state index contributed by atoms with van der Waals surface area (Å²) in [6.45, 7) is 0. The van der Waals surface area contributed by atoms with Crippen LogP contribution in [0, 0.1) is 5.82 Å². The van der Waals surface area contributed by atoms with Crippen molar-refractivity contribution < 1.29 is 4.39 Å². The van der Waals surface area contributed by atoms with Crippen LogP contribution in [0.1, 0.15) is 0 Å². The van der Waals surface area contributed by atoms with E-state index in [1.54, 1.807) is 17.4 Å². The molecule has 0 aliphatic carbocycles. The molecule has 0 spiro atoms. The summed E-state index contributed by atoms with van der Waals surface area (Å²) in [5.74, 6) is -0.194. The molecule has 0 amide bonds. The third kappa shape index (κ3) is 1.08. The van der Waals surface area contributed by atoms with E-state index in [4.69, 9.17) is 0 Å². The van der Waals surface area contributed by atoms with Gasteiger partial charge in [-0.15, -0.1) is 11.3 Å². The van der Waals surface area contributed by atoms with Gasteiger partial charge >= 0.3 is 0 Å². The summed E-state index contributed by atoms with van der Waals surface area (Å²) >= 11 is 4.74. The van der Waals surface area contributed by atoms with Gasteiger partial charge in [-0.2, -0.15) is 0 Å². The van der Waals surface area contributed by atoms with Crippen LogP contribution in [-0.4, -0.2) is 0 Å². The Hall–Kier alpha value is -0.410. The van der Waals surface area contributed by atoms with Crippen molar-refractivity contribution in [3.8, 4) is 0 Å². The molecule has 1 heterocycles. The molecule has 0 aliphatic rings. The number of hydrogen-bond acceptors (Lipinski definition) is 1. The molecule has 2 aromatic rings. The van der Waals surface area contributed by atoms with Crippen LogP contribution in [0.5, 0.6) is 0 Å². The Morgan fingerprint density at radius 2 is 2.09 bits per heavy atom. The molecule has 56 valence electrons. The Labute approximate surface area is 75.8 Å². The predicted molar refractivity (Wildman–Crippen MR) is 49.5 cm³/mol. The number of halogens is 2. The van der Waals surface area contributed by atoms with Gasteiger partial charge in [0, 0.05) is 0 Å². The summed E-state index contributed by atoms with van der Waals surface area (Å²) in [5, 5.41) is 3.04. The van der Waals surface area contributed by atoms with Crippen LogP contribution >= 0.6 is 27.3 Å². The average molecular weight is 231 g/mol. The molecule has 0 nitrogen and oxygen atoms in total. The number of thiophene rings is 1. The summed E-state index contributed by atoms with van der Waals surface area (Å²) in [7, 11) is 0. The molecule has 1 aromatic heterocycles. The van der Waals surface area contributed by atoms with Gasteiger partial charge in [0.15, 0.2) is 0 Å². The van der Waals surface area contributed by atoms with Crippen LogP contribution < -0.4 is 0 Å². The quantitative estimate of drug-likeness (QED) is 0.646. The smallest absolute Gasteiger partial charge is 0.138 e. The molecule has 0 saturated heterocycles. The Kier molecular flexibility index (Phi) is 1.69. The highest BCUT2D eigenvalue weighted by Gasteiger charge is 2.04. The molecule has 11 heavy (non-hydrogen) atoms. The largest absolute Gasteiger partial charge is 0.206 e. The second kappa shape index (κ2) is 2.57. The second-order valence-corrected chi connectivity index (χ2v) is 3.91. The molecule has 0 unspecified atom stereocenters. The van der Waals surface area contributed by atoms with Crippen molar-refractivity contribution in [1.82, 2.24) is 0 Å². The van der Waals surface area contributed by atoms with E-state index in [1.807, 2.05) is 11.4 Å². The Morgan fingerprint density at radius 1 is 1.27 bits per heavy atom. The lowest BCUT2D eigenvalue weighted by Crippen LogP contribution is -1.74. The fourth-order valence-corrected chi connectivity index (χ4v) is 2.44. The van der Waals surface area contributed by atoms with Gasteiger partial charge in [-0.25, -0.2) is 4.39 Å². The van der Waals surface area contributed by atoms with Crippen molar-refractivity contribution in [1.29, 1.82) is 0 Å². The van der Waals surface area contributed by atoms with Gasteiger partial charge in [0.1, 0.15) is 5.82 Å². The second-order valence-electron chi connectivity index (χ2n) is 2.20. The normalized spacial score (nSPS) is 10.7. The maximum Gasteiger partial charge on any atom is 0.138 e. The molecule has 0 bridgehead atoms. The fourth-order valence-electron chi connectivity index (χ4n) is 0.973. The van der Waals surface area contributed by atoms with Crippen LogP contribution in [0.2, 0.25) is 0 Å². The van der Waals surface area contributed by atoms with Gasteiger partial charge in [0.05, 0.1) is 9.17 Å². The van der Waals surface area contributed by atoms with E-state index in [2.05, 4.69) is 15.9 Å². The van der Waals surface area contributed by atoms with Crippen molar-refractivity contribution in [3.05, 3.63) is 33.9 Å². The molecule has 0 atom stereocenters. The number of benzene rings is 1. The van der Waals surface area contributed by atoms with Crippen molar-refractivity contribution in [2.45, 2.75) is 0 Å². The fraction of sp³-hybridized carbons (Fsp3) is 0. The first-order valence-electron chi connectivity index (χ1n) is 3.10. The summed E-state index contributed by atoms with van der Waals surface area (Å²) in [4.78, 5) is 0. The van der Waals surface area contributed by atoms with Crippen molar-refractivity contribution >= 4 is 37.4 Å². The third-order valence-corrected chi connectivity index (χ3v) is 3.50. The maximum absolute atomic E-state index is 12.9. The molecule has 1 aromatic carbocycles.